The summed E-state index contributed by atoms with van der Waals surface area (Å²) in [5.74, 6) is 1.73. The number of aryl methyl sites for hydroxylation is 1. The number of benzene rings is 2. The first-order valence-electron chi connectivity index (χ1n) is 19.2. The number of nitrogens with zero attached hydrogens (tertiary/aromatic N) is 1. The summed E-state index contributed by atoms with van der Waals surface area (Å²) < 4.78 is 35.2. The SMILES string of the molecule is CCCc1cc(Cl)ccc1C1COc2ccc3cc2N(C1)CC(C)C(CC)C(C1OCCCO1)CCCC(C)C(C)S(=O)NC3=O.ClC1CNC1. The van der Waals surface area contributed by atoms with Gasteiger partial charge in [0.2, 0.25) is 0 Å². The molecule has 2 N–H and O–H groups in total. The Balaban J connectivity index is 0.000000927. The van der Waals surface area contributed by atoms with Crippen molar-refractivity contribution in [2.24, 2.45) is 23.7 Å². The first-order chi connectivity index (χ1) is 24.6. The Morgan fingerprint density at radius 2 is 1.71 bits per heavy atom. The van der Waals surface area contributed by atoms with E-state index in [-0.39, 0.29) is 35.2 Å². The first-order valence-corrected chi connectivity index (χ1v) is 21.2. The summed E-state index contributed by atoms with van der Waals surface area (Å²) >= 11 is 11.9. The number of carbonyl (C=O) groups excluding carboxylic acids is 1. The van der Waals surface area contributed by atoms with Crippen LogP contribution in [0.5, 0.6) is 5.75 Å². The summed E-state index contributed by atoms with van der Waals surface area (Å²) in [7, 11) is -1.50. The quantitative estimate of drug-likeness (QED) is 0.298. The Hall–Kier alpha value is -1.88. The van der Waals surface area contributed by atoms with E-state index in [9.17, 15) is 9.00 Å². The van der Waals surface area contributed by atoms with Gasteiger partial charge in [-0.15, -0.1) is 11.6 Å². The minimum absolute atomic E-state index is 0.122. The molecular weight excluding hydrogens is 705 g/mol. The molecule has 0 aliphatic carbocycles. The molecule has 4 aliphatic rings. The second-order valence-electron chi connectivity index (χ2n) is 15.0. The Bertz CT molecular complexity index is 1460. The number of fused-ring (bicyclic) bond motifs is 1. The second-order valence-corrected chi connectivity index (χ2v) is 17.6. The van der Waals surface area contributed by atoms with Crippen molar-refractivity contribution in [3.63, 3.8) is 0 Å². The van der Waals surface area contributed by atoms with Gasteiger partial charge in [0.15, 0.2) is 6.29 Å². The predicted molar refractivity (Wildman–Crippen MR) is 210 cm³/mol. The van der Waals surface area contributed by atoms with Crippen LogP contribution < -0.4 is 19.7 Å². The topological polar surface area (TPSA) is 89.1 Å². The lowest BCUT2D eigenvalue weighted by Crippen LogP contribution is -2.42. The van der Waals surface area contributed by atoms with Crippen LogP contribution in [0, 0.1) is 23.7 Å². The van der Waals surface area contributed by atoms with Gasteiger partial charge in [0.1, 0.15) is 16.7 Å². The third-order valence-electron chi connectivity index (χ3n) is 11.2. The monoisotopic (exact) mass is 763 g/mol. The molecule has 284 valence electrons. The van der Waals surface area contributed by atoms with Gasteiger partial charge >= 0.3 is 0 Å². The van der Waals surface area contributed by atoms with Crippen LogP contribution in [0.3, 0.4) is 0 Å². The van der Waals surface area contributed by atoms with Gasteiger partial charge in [-0.05, 0) is 91.8 Å². The van der Waals surface area contributed by atoms with Crippen molar-refractivity contribution in [2.75, 3.05) is 50.9 Å². The number of nitrogens with one attached hydrogen (secondary N) is 2. The molecule has 0 aromatic heterocycles. The van der Waals surface area contributed by atoms with E-state index in [0.717, 1.165) is 101 Å². The van der Waals surface area contributed by atoms with Gasteiger partial charge in [-0.25, -0.2) is 4.21 Å². The Labute approximate surface area is 318 Å². The Morgan fingerprint density at radius 1 is 0.961 bits per heavy atom. The molecule has 7 unspecified atom stereocenters. The number of hydrogen-bond donors (Lipinski definition) is 2. The molecule has 8 nitrogen and oxygen atoms in total. The molecule has 0 radical (unpaired) electrons. The fourth-order valence-electron chi connectivity index (χ4n) is 7.99. The predicted octanol–water partition coefficient (Wildman–Crippen LogP) is 8.12. The van der Waals surface area contributed by atoms with E-state index in [4.69, 9.17) is 37.4 Å². The van der Waals surface area contributed by atoms with Crippen molar-refractivity contribution in [3.8, 4) is 5.75 Å². The normalized spacial score (nSPS) is 29.8. The third kappa shape index (κ3) is 10.6. The third-order valence-corrected chi connectivity index (χ3v) is 13.3. The molecular formula is C40H59Cl2N3O5S. The Morgan fingerprint density at radius 3 is 2.37 bits per heavy atom. The van der Waals surface area contributed by atoms with Crippen LogP contribution in [0.2, 0.25) is 5.02 Å². The Kier molecular flexibility index (Phi) is 15.4. The van der Waals surface area contributed by atoms with Gasteiger partial charge in [-0.3, -0.25) is 9.52 Å². The lowest BCUT2D eigenvalue weighted by Gasteiger charge is -2.40. The first kappa shape index (κ1) is 40.3. The van der Waals surface area contributed by atoms with Gasteiger partial charge in [0, 0.05) is 48.6 Å². The van der Waals surface area contributed by atoms with Crippen LogP contribution in [0.15, 0.2) is 36.4 Å². The molecule has 6 rings (SSSR count). The summed E-state index contributed by atoms with van der Waals surface area (Å²) in [5, 5.41) is 4.04. The van der Waals surface area contributed by atoms with Crippen molar-refractivity contribution < 1.29 is 23.2 Å². The largest absolute Gasteiger partial charge is 0.491 e. The molecule has 2 aromatic rings. The minimum Gasteiger partial charge on any atom is -0.491 e. The molecule has 1 amide bonds. The highest BCUT2D eigenvalue weighted by atomic mass is 35.5. The zero-order valence-corrected chi connectivity index (χ0v) is 33.5. The molecule has 4 aliphatic heterocycles. The summed E-state index contributed by atoms with van der Waals surface area (Å²) in [4.78, 5) is 15.9. The van der Waals surface area contributed by atoms with E-state index in [1.165, 1.54) is 11.1 Å². The summed E-state index contributed by atoms with van der Waals surface area (Å²) in [6, 6.07) is 11.9. The molecule has 11 heteroatoms. The molecule has 0 spiro atoms. The molecule has 4 heterocycles. The smallest absolute Gasteiger partial charge is 0.263 e. The zero-order valence-electron chi connectivity index (χ0n) is 31.1. The number of rotatable bonds is 5. The second kappa shape index (κ2) is 19.4. The van der Waals surface area contributed by atoms with Crippen molar-refractivity contribution in [1.82, 2.24) is 10.0 Å². The molecule has 2 fully saturated rings. The van der Waals surface area contributed by atoms with Crippen molar-refractivity contribution >= 4 is 45.8 Å². The highest BCUT2D eigenvalue weighted by molar-refractivity contribution is 7.84. The number of hydrogen-bond acceptors (Lipinski definition) is 7. The number of halogens is 2. The van der Waals surface area contributed by atoms with Crippen LogP contribution in [-0.2, 0) is 26.9 Å². The van der Waals surface area contributed by atoms with E-state index in [2.05, 4.69) is 54.8 Å². The van der Waals surface area contributed by atoms with Crippen molar-refractivity contribution in [1.29, 1.82) is 0 Å². The van der Waals surface area contributed by atoms with E-state index in [0.29, 0.717) is 29.4 Å². The van der Waals surface area contributed by atoms with Gasteiger partial charge in [0.25, 0.3) is 5.91 Å². The lowest BCUT2D eigenvalue weighted by molar-refractivity contribution is -0.218. The van der Waals surface area contributed by atoms with E-state index < -0.39 is 11.0 Å². The fraction of sp³-hybridized carbons (Fsp3) is 0.675. The van der Waals surface area contributed by atoms with Crippen molar-refractivity contribution in [3.05, 3.63) is 58.1 Å². The van der Waals surface area contributed by atoms with Crippen molar-refractivity contribution in [2.45, 2.75) is 102 Å². The standard InChI is InChI=1S/C37H53ClN2O5S.C3H6ClN/c1-6-10-27-19-30(38)14-15-32(27)29-22-40-21-25(4)31(7-2)33(37-43-17-9-18-44-37)12-8-11-24(3)26(5)46(42)39-36(41)28-13-16-35(45-23-29)34(40)20-28;4-3-1-5-2-3/h13-16,19-20,24-26,29,31,33,37H,6-12,17-18,21-23H2,1-5H3,(H,39,41);3,5H,1-2H2. The number of carbonyl (C=O) groups is 1. The average Bonchev–Trinajstić information content (AvgIpc) is 3.29. The molecule has 2 aromatic carbocycles. The average molecular weight is 765 g/mol. The zero-order chi connectivity index (χ0) is 36.5. The highest BCUT2D eigenvalue weighted by Gasteiger charge is 2.37. The summed E-state index contributed by atoms with van der Waals surface area (Å²) in [6.45, 7) is 16.5. The molecule has 2 saturated heterocycles. The van der Waals surface area contributed by atoms with Crippen LogP contribution >= 0.6 is 23.2 Å². The van der Waals surface area contributed by atoms with Crippen LogP contribution in [0.1, 0.15) is 101 Å². The number of anilines is 1. The number of amides is 1. The number of alkyl halides is 1. The van der Waals surface area contributed by atoms with E-state index in [1.54, 1.807) is 6.07 Å². The van der Waals surface area contributed by atoms with E-state index >= 15 is 0 Å². The summed E-state index contributed by atoms with van der Waals surface area (Å²) in [6.07, 6.45) is 6.65. The lowest BCUT2D eigenvalue weighted by atomic mass is 9.76. The molecule has 0 saturated carbocycles. The van der Waals surface area contributed by atoms with Crippen LogP contribution in [-0.4, -0.2) is 73.0 Å². The fourth-order valence-corrected chi connectivity index (χ4v) is 9.45. The molecule has 2 bridgehead atoms. The van der Waals surface area contributed by atoms with E-state index in [1.807, 2.05) is 25.1 Å². The van der Waals surface area contributed by atoms with Gasteiger partial charge in [0.05, 0.1) is 36.1 Å². The maximum absolute atomic E-state index is 13.5. The van der Waals surface area contributed by atoms with Gasteiger partial charge < -0.3 is 24.4 Å². The molecule has 7 atom stereocenters. The van der Waals surface area contributed by atoms with Gasteiger partial charge in [-0.2, -0.15) is 0 Å². The van der Waals surface area contributed by atoms with Crippen LogP contribution in [0.25, 0.3) is 0 Å². The highest BCUT2D eigenvalue weighted by Crippen LogP contribution is 2.40. The van der Waals surface area contributed by atoms with Gasteiger partial charge in [-0.1, -0.05) is 64.6 Å². The summed E-state index contributed by atoms with van der Waals surface area (Å²) in [5.41, 5.74) is 3.93. The maximum atomic E-state index is 13.5. The number of ether oxygens (including phenoxy) is 3. The molecule has 51 heavy (non-hydrogen) atoms. The van der Waals surface area contributed by atoms with Crippen LogP contribution in [0.4, 0.5) is 5.69 Å². The minimum atomic E-state index is -1.50. The maximum Gasteiger partial charge on any atom is 0.263 e.